The summed E-state index contributed by atoms with van der Waals surface area (Å²) in [6, 6.07) is 10.2. The highest BCUT2D eigenvalue weighted by Gasteiger charge is 2.10. The number of methoxy groups -OCH3 is 1. The first-order valence-electron chi connectivity index (χ1n) is 10.6. The Kier molecular flexibility index (Phi) is 10.2. The number of amides is 1. The number of carbonyl (C=O) groups excluding carboxylic acids is 1. The van der Waals surface area contributed by atoms with Crippen LogP contribution in [0.25, 0.3) is 0 Å². The molecule has 3 N–H and O–H groups in total. The van der Waals surface area contributed by atoms with Gasteiger partial charge in [0, 0.05) is 35.3 Å². The number of hydrogen-bond acceptors (Lipinski definition) is 5. The second-order valence-electron chi connectivity index (χ2n) is 7.18. The molecule has 2 aromatic rings. The molecule has 0 radical (unpaired) electrons. The summed E-state index contributed by atoms with van der Waals surface area (Å²) in [5, 5.41) is 9.48. The number of nitrogens with one attached hydrogen (secondary N) is 3. The van der Waals surface area contributed by atoms with Crippen LogP contribution in [0.1, 0.15) is 36.1 Å². The summed E-state index contributed by atoms with van der Waals surface area (Å²) in [4.78, 5) is 19.0. The van der Waals surface area contributed by atoms with Gasteiger partial charge in [-0.05, 0) is 57.5 Å². The average molecular weight is 447 g/mol. The zero-order valence-electron chi connectivity index (χ0n) is 19.1. The molecule has 8 heteroatoms. The standard InChI is InChI=1S/C23H34N4O3S/c1-6-24-22(28)15-30-20-11-9-18(13-21(20)29-5)14-26-23(25-7-2)27-16(3)12-19-10-8-17(4)31-19/h8-11,13,16H,6-7,12,14-15H2,1-5H3,(H,24,28)(H2,25,26,27). The van der Waals surface area contributed by atoms with E-state index < -0.39 is 0 Å². The van der Waals surface area contributed by atoms with E-state index in [9.17, 15) is 4.79 Å². The van der Waals surface area contributed by atoms with Crippen LogP contribution in [0.5, 0.6) is 11.5 Å². The van der Waals surface area contributed by atoms with Gasteiger partial charge in [0.2, 0.25) is 0 Å². The summed E-state index contributed by atoms with van der Waals surface area (Å²) in [6.07, 6.45) is 0.953. The number of aryl methyl sites for hydroxylation is 1. The minimum absolute atomic E-state index is 0.0438. The highest BCUT2D eigenvalue weighted by atomic mass is 32.1. The number of rotatable bonds is 11. The fourth-order valence-corrected chi connectivity index (χ4v) is 4.01. The minimum atomic E-state index is -0.161. The van der Waals surface area contributed by atoms with Crippen molar-refractivity contribution in [1.82, 2.24) is 16.0 Å². The molecule has 1 aromatic carbocycles. The predicted octanol–water partition coefficient (Wildman–Crippen LogP) is 3.27. The number of carbonyl (C=O) groups is 1. The average Bonchev–Trinajstić information content (AvgIpc) is 3.15. The minimum Gasteiger partial charge on any atom is -0.493 e. The Hall–Kier alpha value is -2.74. The summed E-state index contributed by atoms with van der Waals surface area (Å²) in [6.45, 7) is 10.0. The molecule has 1 unspecified atom stereocenters. The van der Waals surface area contributed by atoms with Crippen LogP contribution in [0.3, 0.4) is 0 Å². The van der Waals surface area contributed by atoms with Crippen molar-refractivity contribution in [2.45, 2.75) is 46.7 Å². The first-order valence-corrected chi connectivity index (χ1v) is 11.4. The van der Waals surface area contributed by atoms with Crippen molar-refractivity contribution in [3.8, 4) is 11.5 Å². The van der Waals surface area contributed by atoms with E-state index in [2.05, 4.69) is 41.9 Å². The maximum atomic E-state index is 11.6. The maximum Gasteiger partial charge on any atom is 0.257 e. The third-order valence-corrected chi connectivity index (χ3v) is 5.43. The van der Waals surface area contributed by atoms with Gasteiger partial charge in [0.1, 0.15) is 0 Å². The van der Waals surface area contributed by atoms with Crippen LogP contribution in [0.2, 0.25) is 0 Å². The lowest BCUT2D eigenvalue weighted by molar-refractivity contribution is -0.123. The highest BCUT2D eigenvalue weighted by Crippen LogP contribution is 2.28. The summed E-state index contributed by atoms with van der Waals surface area (Å²) in [7, 11) is 1.58. The number of aliphatic imine (C=N–C) groups is 1. The molecular formula is C23H34N4O3S. The number of likely N-dealkylation sites (N-methyl/N-ethyl adjacent to an activating group) is 1. The van der Waals surface area contributed by atoms with Gasteiger partial charge in [-0.3, -0.25) is 4.79 Å². The van der Waals surface area contributed by atoms with Crippen molar-refractivity contribution in [1.29, 1.82) is 0 Å². The van der Waals surface area contributed by atoms with Crippen LogP contribution in [0, 0.1) is 6.92 Å². The van der Waals surface area contributed by atoms with E-state index in [0.717, 1.165) is 24.5 Å². The zero-order chi connectivity index (χ0) is 22.6. The van der Waals surface area contributed by atoms with Crippen molar-refractivity contribution >= 4 is 23.2 Å². The van der Waals surface area contributed by atoms with Crippen LogP contribution >= 0.6 is 11.3 Å². The van der Waals surface area contributed by atoms with Gasteiger partial charge in [0.15, 0.2) is 24.1 Å². The Labute approximate surface area is 189 Å². The van der Waals surface area contributed by atoms with E-state index in [1.807, 2.05) is 43.4 Å². The van der Waals surface area contributed by atoms with Crippen molar-refractivity contribution in [2.75, 3.05) is 26.8 Å². The Balaban J connectivity index is 1.99. The SMILES string of the molecule is CCNC(=O)COc1ccc(CN=C(NCC)NC(C)Cc2ccc(C)s2)cc1OC. The Bertz CT molecular complexity index is 866. The summed E-state index contributed by atoms with van der Waals surface area (Å²) in [5.74, 6) is 1.73. The number of guanidine groups is 1. The lowest BCUT2D eigenvalue weighted by Crippen LogP contribution is -2.43. The number of hydrogen-bond donors (Lipinski definition) is 3. The lowest BCUT2D eigenvalue weighted by Gasteiger charge is -2.17. The van der Waals surface area contributed by atoms with E-state index in [1.165, 1.54) is 9.75 Å². The smallest absolute Gasteiger partial charge is 0.257 e. The second-order valence-corrected chi connectivity index (χ2v) is 8.56. The van der Waals surface area contributed by atoms with Gasteiger partial charge >= 0.3 is 0 Å². The molecule has 0 bridgehead atoms. The van der Waals surface area contributed by atoms with Gasteiger partial charge < -0.3 is 25.4 Å². The fraction of sp³-hybridized carbons (Fsp3) is 0.478. The topological polar surface area (TPSA) is 84.0 Å². The van der Waals surface area contributed by atoms with E-state index in [0.29, 0.717) is 24.6 Å². The van der Waals surface area contributed by atoms with Gasteiger partial charge in [-0.2, -0.15) is 0 Å². The Morgan fingerprint density at radius 3 is 2.55 bits per heavy atom. The zero-order valence-corrected chi connectivity index (χ0v) is 19.9. The van der Waals surface area contributed by atoms with Crippen LogP contribution in [0.15, 0.2) is 35.3 Å². The molecule has 1 heterocycles. The second kappa shape index (κ2) is 12.8. The highest BCUT2D eigenvalue weighted by molar-refractivity contribution is 7.11. The molecule has 0 spiro atoms. The molecule has 170 valence electrons. The normalized spacial score (nSPS) is 12.2. The van der Waals surface area contributed by atoms with Crippen LogP contribution < -0.4 is 25.4 Å². The Morgan fingerprint density at radius 2 is 1.90 bits per heavy atom. The number of ether oxygens (including phenoxy) is 2. The molecule has 1 amide bonds. The number of benzene rings is 1. The van der Waals surface area contributed by atoms with Gasteiger partial charge in [0.25, 0.3) is 5.91 Å². The van der Waals surface area contributed by atoms with Gasteiger partial charge in [-0.1, -0.05) is 6.07 Å². The van der Waals surface area contributed by atoms with Crippen LogP contribution in [-0.2, 0) is 17.8 Å². The van der Waals surface area contributed by atoms with Gasteiger partial charge in [-0.25, -0.2) is 4.99 Å². The molecule has 0 aliphatic rings. The molecule has 0 saturated heterocycles. The molecule has 0 saturated carbocycles. The number of thiophene rings is 1. The molecular weight excluding hydrogens is 412 g/mol. The molecule has 0 aliphatic carbocycles. The van der Waals surface area contributed by atoms with Crippen molar-refractivity contribution in [3.63, 3.8) is 0 Å². The van der Waals surface area contributed by atoms with E-state index in [-0.39, 0.29) is 18.6 Å². The fourth-order valence-electron chi connectivity index (χ4n) is 2.99. The monoisotopic (exact) mass is 446 g/mol. The summed E-state index contributed by atoms with van der Waals surface area (Å²) < 4.78 is 11.0. The van der Waals surface area contributed by atoms with Gasteiger partial charge in [0.05, 0.1) is 13.7 Å². The van der Waals surface area contributed by atoms with Crippen molar-refractivity contribution in [2.24, 2.45) is 4.99 Å². The summed E-state index contributed by atoms with van der Waals surface area (Å²) in [5.41, 5.74) is 0.987. The quantitative estimate of drug-likeness (QED) is 0.364. The van der Waals surface area contributed by atoms with E-state index >= 15 is 0 Å². The van der Waals surface area contributed by atoms with Crippen LogP contribution in [0.4, 0.5) is 0 Å². The van der Waals surface area contributed by atoms with Crippen LogP contribution in [-0.4, -0.2) is 44.7 Å². The number of nitrogens with zero attached hydrogens (tertiary/aromatic N) is 1. The van der Waals surface area contributed by atoms with E-state index in [4.69, 9.17) is 14.5 Å². The molecule has 7 nitrogen and oxygen atoms in total. The van der Waals surface area contributed by atoms with Crippen molar-refractivity contribution < 1.29 is 14.3 Å². The molecule has 2 rings (SSSR count). The largest absolute Gasteiger partial charge is 0.493 e. The maximum absolute atomic E-state index is 11.6. The molecule has 0 aliphatic heterocycles. The third kappa shape index (κ3) is 8.49. The third-order valence-electron chi connectivity index (χ3n) is 4.41. The first kappa shape index (κ1) is 24.5. The molecule has 1 atom stereocenters. The first-order chi connectivity index (χ1) is 14.9. The molecule has 31 heavy (non-hydrogen) atoms. The lowest BCUT2D eigenvalue weighted by atomic mass is 10.2. The van der Waals surface area contributed by atoms with E-state index in [1.54, 1.807) is 7.11 Å². The Morgan fingerprint density at radius 1 is 1.13 bits per heavy atom. The van der Waals surface area contributed by atoms with Crippen molar-refractivity contribution in [3.05, 3.63) is 45.6 Å². The molecule has 0 fully saturated rings. The van der Waals surface area contributed by atoms with Gasteiger partial charge in [-0.15, -0.1) is 11.3 Å². The molecule has 1 aromatic heterocycles. The summed E-state index contributed by atoms with van der Waals surface area (Å²) >= 11 is 1.83. The predicted molar refractivity (Wildman–Crippen MR) is 127 cm³/mol.